The van der Waals surface area contributed by atoms with E-state index in [2.05, 4.69) is 11.4 Å². The molecule has 0 aliphatic rings. The number of hydrogen-bond donors (Lipinski definition) is 0. The zero-order valence-electron chi connectivity index (χ0n) is 9.15. The molecule has 0 unspecified atom stereocenters. The Morgan fingerprint density at radius 3 is 2.47 bits per heavy atom. The standard InChI is InChI=1S/C15H10FN/c1-11(12-6-4-3-5-7-12)14-9-8-13(16)10-15(14)17-2/h3-10H,1H2. The summed E-state index contributed by atoms with van der Waals surface area (Å²) in [6.07, 6.45) is 0. The van der Waals surface area contributed by atoms with E-state index in [4.69, 9.17) is 6.57 Å². The Hall–Kier alpha value is -2.40. The van der Waals surface area contributed by atoms with Crippen molar-refractivity contribution in [2.24, 2.45) is 0 Å². The second kappa shape index (κ2) is 4.63. The molecule has 1 nitrogen and oxygen atoms in total. The minimum atomic E-state index is -0.402. The Kier molecular flexibility index (Phi) is 3.02. The number of nitrogens with zero attached hydrogens (tertiary/aromatic N) is 1. The van der Waals surface area contributed by atoms with Crippen molar-refractivity contribution in [3.8, 4) is 0 Å². The van der Waals surface area contributed by atoms with Crippen LogP contribution in [0.5, 0.6) is 0 Å². The van der Waals surface area contributed by atoms with Gasteiger partial charge in [-0.1, -0.05) is 43.0 Å². The number of hydrogen-bond acceptors (Lipinski definition) is 0. The summed E-state index contributed by atoms with van der Waals surface area (Å²) in [5.41, 5.74) is 2.63. The van der Waals surface area contributed by atoms with Gasteiger partial charge in [0.05, 0.1) is 6.57 Å². The molecule has 0 fully saturated rings. The average molecular weight is 223 g/mol. The van der Waals surface area contributed by atoms with E-state index in [9.17, 15) is 4.39 Å². The fourth-order valence-corrected chi connectivity index (χ4v) is 1.65. The van der Waals surface area contributed by atoms with Gasteiger partial charge in [-0.15, -0.1) is 0 Å². The first-order valence-corrected chi connectivity index (χ1v) is 5.14. The highest BCUT2D eigenvalue weighted by molar-refractivity contribution is 5.85. The van der Waals surface area contributed by atoms with Crippen LogP contribution in [0.25, 0.3) is 10.4 Å². The van der Waals surface area contributed by atoms with Gasteiger partial charge in [0.25, 0.3) is 0 Å². The molecule has 17 heavy (non-hydrogen) atoms. The number of rotatable bonds is 2. The van der Waals surface area contributed by atoms with Crippen LogP contribution in [0, 0.1) is 12.4 Å². The summed E-state index contributed by atoms with van der Waals surface area (Å²) in [6.45, 7) is 11.0. The van der Waals surface area contributed by atoms with Crippen LogP contribution in [0.4, 0.5) is 10.1 Å². The highest BCUT2D eigenvalue weighted by atomic mass is 19.1. The first kappa shape index (κ1) is 11.1. The van der Waals surface area contributed by atoms with Gasteiger partial charge in [-0.3, -0.25) is 0 Å². The van der Waals surface area contributed by atoms with Gasteiger partial charge in [-0.25, -0.2) is 9.24 Å². The van der Waals surface area contributed by atoms with Crippen molar-refractivity contribution in [2.45, 2.75) is 0 Å². The fourth-order valence-electron chi connectivity index (χ4n) is 1.65. The van der Waals surface area contributed by atoms with Crippen molar-refractivity contribution in [3.05, 3.63) is 83.5 Å². The minimum absolute atomic E-state index is 0.291. The summed E-state index contributed by atoms with van der Waals surface area (Å²) in [7, 11) is 0. The van der Waals surface area contributed by atoms with Crippen LogP contribution >= 0.6 is 0 Å². The molecule has 0 radical (unpaired) electrons. The topological polar surface area (TPSA) is 4.36 Å². The molecule has 0 aromatic heterocycles. The van der Waals surface area contributed by atoms with E-state index in [0.29, 0.717) is 11.3 Å². The third-order valence-corrected chi connectivity index (χ3v) is 2.53. The van der Waals surface area contributed by atoms with Gasteiger partial charge in [0.1, 0.15) is 5.82 Å². The molecule has 0 amide bonds. The highest BCUT2D eigenvalue weighted by Gasteiger charge is 2.08. The molecule has 2 aromatic carbocycles. The van der Waals surface area contributed by atoms with Gasteiger partial charge >= 0.3 is 0 Å². The molecular weight excluding hydrogens is 213 g/mol. The monoisotopic (exact) mass is 223 g/mol. The maximum Gasteiger partial charge on any atom is 0.197 e. The fraction of sp³-hybridized carbons (Fsp3) is 0. The Labute approximate surface area is 99.7 Å². The van der Waals surface area contributed by atoms with Crippen LogP contribution in [0.1, 0.15) is 11.1 Å². The first-order valence-electron chi connectivity index (χ1n) is 5.14. The van der Waals surface area contributed by atoms with Crippen LogP contribution in [0.2, 0.25) is 0 Å². The molecule has 0 N–H and O–H groups in total. The van der Waals surface area contributed by atoms with Crippen molar-refractivity contribution in [3.63, 3.8) is 0 Å². The molecular formula is C15H10FN. The maximum absolute atomic E-state index is 13.0. The quantitative estimate of drug-likeness (QED) is 0.663. The van der Waals surface area contributed by atoms with Crippen LogP contribution in [0.15, 0.2) is 55.1 Å². The van der Waals surface area contributed by atoms with Gasteiger partial charge in [0, 0.05) is 0 Å². The van der Waals surface area contributed by atoms with Crippen molar-refractivity contribution < 1.29 is 4.39 Å². The van der Waals surface area contributed by atoms with Gasteiger partial charge in [0.2, 0.25) is 0 Å². The van der Waals surface area contributed by atoms with Crippen LogP contribution in [0.3, 0.4) is 0 Å². The smallest absolute Gasteiger partial charge is 0.197 e. The Bertz CT molecular complexity index is 594. The number of benzene rings is 2. The second-order valence-corrected chi connectivity index (χ2v) is 3.62. The molecule has 2 rings (SSSR count). The highest BCUT2D eigenvalue weighted by Crippen LogP contribution is 2.30. The third kappa shape index (κ3) is 2.24. The van der Waals surface area contributed by atoms with E-state index in [1.807, 2.05) is 30.3 Å². The van der Waals surface area contributed by atoms with Gasteiger partial charge < -0.3 is 0 Å². The molecule has 2 aromatic rings. The second-order valence-electron chi connectivity index (χ2n) is 3.62. The molecule has 0 saturated heterocycles. The summed E-state index contributed by atoms with van der Waals surface area (Å²) < 4.78 is 13.0. The normalized spacial score (nSPS) is 9.65. The summed E-state index contributed by atoms with van der Waals surface area (Å²) >= 11 is 0. The molecule has 0 heterocycles. The lowest BCUT2D eigenvalue weighted by atomic mass is 9.98. The van der Waals surface area contributed by atoms with E-state index >= 15 is 0 Å². The number of halogens is 1. The van der Waals surface area contributed by atoms with Gasteiger partial charge in [-0.05, 0) is 28.8 Å². The molecule has 0 aliphatic heterocycles. The van der Waals surface area contributed by atoms with E-state index in [1.54, 1.807) is 6.07 Å². The van der Waals surface area contributed by atoms with E-state index in [0.717, 1.165) is 11.1 Å². The predicted octanol–water partition coefficient (Wildman–Crippen LogP) is 4.44. The summed E-state index contributed by atoms with van der Waals surface area (Å²) in [6, 6.07) is 13.7. The van der Waals surface area contributed by atoms with Gasteiger partial charge in [0.15, 0.2) is 5.69 Å². The lowest BCUT2D eigenvalue weighted by Crippen LogP contribution is -1.87. The first-order chi connectivity index (χ1) is 8.22. The van der Waals surface area contributed by atoms with Crippen molar-refractivity contribution in [1.29, 1.82) is 0 Å². The summed E-state index contributed by atoms with van der Waals surface area (Å²) in [4.78, 5) is 3.33. The predicted molar refractivity (Wildman–Crippen MR) is 67.2 cm³/mol. The lowest BCUT2D eigenvalue weighted by molar-refractivity contribution is 0.628. The Morgan fingerprint density at radius 2 is 1.82 bits per heavy atom. The van der Waals surface area contributed by atoms with Crippen LogP contribution in [-0.2, 0) is 0 Å². The third-order valence-electron chi connectivity index (χ3n) is 2.53. The molecule has 82 valence electrons. The molecule has 0 saturated carbocycles. The zero-order chi connectivity index (χ0) is 12.3. The SMILES string of the molecule is [C-]#[N+]c1cc(F)ccc1C(=C)c1ccccc1. The van der Waals surface area contributed by atoms with E-state index in [1.165, 1.54) is 12.1 Å². The summed E-state index contributed by atoms with van der Waals surface area (Å²) in [5, 5.41) is 0. The Balaban J connectivity index is 2.49. The maximum atomic E-state index is 13.0. The van der Waals surface area contributed by atoms with Crippen molar-refractivity contribution in [2.75, 3.05) is 0 Å². The largest absolute Gasteiger partial charge is 0.237 e. The molecule has 0 spiro atoms. The molecule has 2 heteroatoms. The molecule has 0 bridgehead atoms. The van der Waals surface area contributed by atoms with Crippen molar-refractivity contribution in [1.82, 2.24) is 0 Å². The average Bonchev–Trinajstić information content (AvgIpc) is 2.39. The summed E-state index contributed by atoms with van der Waals surface area (Å²) in [5.74, 6) is -0.402. The van der Waals surface area contributed by atoms with Gasteiger partial charge in [-0.2, -0.15) is 0 Å². The zero-order valence-corrected chi connectivity index (χ0v) is 9.15. The molecule has 0 aliphatic carbocycles. The molecule has 0 atom stereocenters. The Morgan fingerprint density at radius 1 is 1.12 bits per heavy atom. The minimum Gasteiger partial charge on any atom is -0.237 e. The van der Waals surface area contributed by atoms with Crippen LogP contribution in [-0.4, -0.2) is 0 Å². The lowest BCUT2D eigenvalue weighted by Gasteiger charge is -2.08. The van der Waals surface area contributed by atoms with E-state index in [-0.39, 0.29) is 0 Å². The van der Waals surface area contributed by atoms with Crippen LogP contribution < -0.4 is 0 Å². The van der Waals surface area contributed by atoms with E-state index < -0.39 is 5.82 Å². The van der Waals surface area contributed by atoms with Crippen molar-refractivity contribution >= 4 is 11.3 Å².